The molecule has 0 spiro atoms. The number of benzene rings is 1. The highest BCUT2D eigenvalue weighted by Gasteiger charge is 2.17. The van der Waals surface area contributed by atoms with Crippen molar-refractivity contribution in [2.45, 2.75) is 13.0 Å². The van der Waals surface area contributed by atoms with Gasteiger partial charge in [-0.3, -0.25) is 5.84 Å². The Morgan fingerprint density at radius 1 is 1.15 bits per heavy atom. The molecule has 5 heteroatoms. The van der Waals surface area contributed by atoms with Crippen LogP contribution in [0.2, 0.25) is 0 Å². The Hall–Kier alpha value is -1.95. The minimum Gasteiger partial charge on any atom is -0.270 e. The Balaban J connectivity index is 1.92. The van der Waals surface area contributed by atoms with Crippen LogP contribution in [0.5, 0.6) is 0 Å². The first kappa shape index (κ1) is 13.1. The van der Waals surface area contributed by atoms with Crippen LogP contribution in [0.15, 0.2) is 54.7 Å². The molecule has 0 aliphatic heterocycles. The van der Waals surface area contributed by atoms with E-state index in [4.69, 9.17) is 5.84 Å². The molecule has 3 rings (SSSR count). The van der Waals surface area contributed by atoms with Gasteiger partial charge in [0.05, 0.1) is 17.4 Å². The summed E-state index contributed by atoms with van der Waals surface area (Å²) in [5, 5.41) is 4.62. The lowest BCUT2D eigenvalue weighted by molar-refractivity contribution is 0.621. The van der Waals surface area contributed by atoms with E-state index in [2.05, 4.69) is 29.6 Å². The maximum absolute atomic E-state index is 5.70. The molecule has 3 aromatic rings. The highest BCUT2D eigenvalue weighted by Crippen LogP contribution is 2.27. The number of hydrazine groups is 1. The first-order valence-electron chi connectivity index (χ1n) is 6.41. The summed E-state index contributed by atoms with van der Waals surface area (Å²) in [6, 6.07) is 16.1. The molecule has 20 heavy (non-hydrogen) atoms. The monoisotopic (exact) mass is 284 g/mol. The molecule has 0 amide bonds. The van der Waals surface area contributed by atoms with Crippen molar-refractivity contribution in [3.8, 4) is 5.69 Å². The summed E-state index contributed by atoms with van der Waals surface area (Å²) < 4.78 is 1.86. The van der Waals surface area contributed by atoms with Gasteiger partial charge in [-0.2, -0.15) is 5.10 Å². The van der Waals surface area contributed by atoms with Crippen molar-refractivity contribution in [1.82, 2.24) is 15.2 Å². The minimum absolute atomic E-state index is 0.0707. The second-order valence-electron chi connectivity index (χ2n) is 4.57. The number of hydrogen-bond donors (Lipinski definition) is 2. The summed E-state index contributed by atoms with van der Waals surface area (Å²) in [6.45, 7) is 2.09. The number of nitrogens with one attached hydrogen (secondary N) is 1. The average Bonchev–Trinajstić information content (AvgIpc) is 3.11. The molecule has 0 aliphatic rings. The third kappa shape index (κ3) is 2.51. The van der Waals surface area contributed by atoms with E-state index in [9.17, 15) is 0 Å². The summed E-state index contributed by atoms with van der Waals surface area (Å²) >= 11 is 1.73. The third-order valence-corrected chi connectivity index (χ3v) is 4.20. The molecule has 3 N–H and O–H groups in total. The van der Waals surface area contributed by atoms with E-state index >= 15 is 0 Å². The molecule has 0 radical (unpaired) electrons. The van der Waals surface area contributed by atoms with E-state index in [-0.39, 0.29) is 6.04 Å². The van der Waals surface area contributed by atoms with Gasteiger partial charge >= 0.3 is 0 Å². The Kier molecular flexibility index (Phi) is 3.64. The van der Waals surface area contributed by atoms with Crippen LogP contribution in [0.3, 0.4) is 0 Å². The summed E-state index contributed by atoms with van der Waals surface area (Å²) in [6.07, 6.45) is 1.95. The highest BCUT2D eigenvalue weighted by atomic mass is 32.1. The second kappa shape index (κ2) is 5.58. The van der Waals surface area contributed by atoms with E-state index in [0.29, 0.717) is 0 Å². The molecule has 1 aromatic carbocycles. The zero-order chi connectivity index (χ0) is 13.9. The fourth-order valence-electron chi connectivity index (χ4n) is 2.14. The van der Waals surface area contributed by atoms with Crippen LogP contribution in [0.4, 0.5) is 0 Å². The zero-order valence-electron chi connectivity index (χ0n) is 11.2. The van der Waals surface area contributed by atoms with Gasteiger partial charge in [-0.05, 0) is 37.3 Å². The quantitative estimate of drug-likeness (QED) is 0.572. The maximum Gasteiger partial charge on any atom is 0.0991 e. The van der Waals surface area contributed by atoms with Crippen LogP contribution in [0, 0.1) is 6.92 Å². The lowest BCUT2D eigenvalue weighted by Crippen LogP contribution is -2.28. The third-order valence-electron chi connectivity index (χ3n) is 3.14. The molecule has 2 aromatic heterocycles. The van der Waals surface area contributed by atoms with Crippen LogP contribution in [-0.4, -0.2) is 9.78 Å². The Labute approximate surface area is 121 Å². The van der Waals surface area contributed by atoms with Gasteiger partial charge in [-0.15, -0.1) is 11.3 Å². The maximum atomic E-state index is 5.70. The summed E-state index contributed by atoms with van der Waals surface area (Å²) in [4.78, 5) is 2.44. The molecule has 4 nitrogen and oxygen atoms in total. The second-order valence-corrected chi connectivity index (χ2v) is 5.89. The fraction of sp³-hybridized carbons (Fsp3) is 0.133. The van der Waals surface area contributed by atoms with Crippen molar-refractivity contribution in [3.05, 3.63) is 70.2 Å². The Morgan fingerprint density at radius 2 is 1.95 bits per heavy atom. The van der Waals surface area contributed by atoms with E-state index in [1.54, 1.807) is 11.3 Å². The Bertz CT molecular complexity index is 687. The van der Waals surface area contributed by atoms with Crippen molar-refractivity contribution in [1.29, 1.82) is 0 Å². The van der Waals surface area contributed by atoms with Gasteiger partial charge in [0.2, 0.25) is 0 Å². The fourth-order valence-corrected chi connectivity index (χ4v) is 3.09. The first-order chi connectivity index (χ1) is 9.78. The van der Waals surface area contributed by atoms with Gasteiger partial charge in [-0.25, -0.2) is 10.1 Å². The van der Waals surface area contributed by atoms with Crippen LogP contribution in [0.25, 0.3) is 5.69 Å². The first-order valence-corrected chi connectivity index (χ1v) is 7.23. The summed E-state index contributed by atoms with van der Waals surface area (Å²) in [7, 11) is 0. The van der Waals surface area contributed by atoms with E-state index in [0.717, 1.165) is 11.4 Å². The number of thiophene rings is 1. The van der Waals surface area contributed by atoms with Gasteiger partial charge in [0, 0.05) is 16.0 Å². The standard InChI is InChI=1S/C15H16N4S/c1-11-7-8-14(20-11)15(17-16)13-9-10-19(18-13)12-5-3-2-4-6-12/h2-10,15,17H,16H2,1H3. The molecule has 102 valence electrons. The molecule has 0 fully saturated rings. The smallest absolute Gasteiger partial charge is 0.0991 e. The number of hydrogen-bond acceptors (Lipinski definition) is 4. The molecular weight excluding hydrogens is 268 g/mol. The van der Waals surface area contributed by atoms with E-state index < -0.39 is 0 Å². The predicted molar refractivity (Wildman–Crippen MR) is 81.8 cm³/mol. The van der Waals surface area contributed by atoms with E-state index in [1.165, 1.54) is 9.75 Å². The molecule has 0 saturated carbocycles. The van der Waals surface area contributed by atoms with E-state index in [1.807, 2.05) is 47.3 Å². The number of rotatable bonds is 4. The predicted octanol–water partition coefficient (Wildman–Crippen LogP) is 2.79. The van der Waals surface area contributed by atoms with Crippen LogP contribution >= 0.6 is 11.3 Å². The van der Waals surface area contributed by atoms with Gasteiger partial charge in [0.15, 0.2) is 0 Å². The molecule has 0 saturated heterocycles. The van der Waals surface area contributed by atoms with Crippen molar-refractivity contribution in [3.63, 3.8) is 0 Å². The normalized spacial score (nSPS) is 12.5. The number of aromatic nitrogens is 2. The topological polar surface area (TPSA) is 55.9 Å². The average molecular weight is 284 g/mol. The van der Waals surface area contributed by atoms with Crippen molar-refractivity contribution >= 4 is 11.3 Å². The van der Waals surface area contributed by atoms with Crippen LogP contribution in [0.1, 0.15) is 21.5 Å². The summed E-state index contributed by atoms with van der Waals surface area (Å²) in [5.74, 6) is 5.70. The van der Waals surface area contributed by atoms with Gasteiger partial charge in [-0.1, -0.05) is 18.2 Å². The number of nitrogens with zero attached hydrogens (tertiary/aromatic N) is 2. The SMILES string of the molecule is Cc1ccc(C(NN)c2ccn(-c3ccccc3)n2)s1. The molecule has 1 unspecified atom stereocenters. The molecular formula is C15H16N4S. The lowest BCUT2D eigenvalue weighted by Gasteiger charge is -2.11. The van der Waals surface area contributed by atoms with Crippen molar-refractivity contribution < 1.29 is 0 Å². The van der Waals surface area contributed by atoms with Crippen LogP contribution < -0.4 is 11.3 Å². The largest absolute Gasteiger partial charge is 0.270 e. The van der Waals surface area contributed by atoms with Gasteiger partial charge in [0.25, 0.3) is 0 Å². The summed E-state index contributed by atoms with van der Waals surface area (Å²) in [5.41, 5.74) is 4.80. The highest BCUT2D eigenvalue weighted by molar-refractivity contribution is 7.12. The minimum atomic E-state index is -0.0707. The Morgan fingerprint density at radius 3 is 2.60 bits per heavy atom. The van der Waals surface area contributed by atoms with Crippen LogP contribution in [-0.2, 0) is 0 Å². The molecule has 0 aliphatic carbocycles. The number of nitrogens with two attached hydrogens (primary N) is 1. The van der Waals surface area contributed by atoms with Crippen molar-refractivity contribution in [2.75, 3.05) is 0 Å². The molecule has 1 atom stereocenters. The number of aryl methyl sites for hydroxylation is 1. The van der Waals surface area contributed by atoms with Gasteiger partial charge < -0.3 is 0 Å². The molecule has 0 bridgehead atoms. The number of para-hydroxylation sites is 1. The van der Waals surface area contributed by atoms with Crippen molar-refractivity contribution in [2.24, 2.45) is 5.84 Å². The molecule has 2 heterocycles. The zero-order valence-corrected chi connectivity index (χ0v) is 12.0. The lowest BCUT2D eigenvalue weighted by atomic mass is 10.2. The van der Waals surface area contributed by atoms with Gasteiger partial charge in [0.1, 0.15) is 0 Å².